The number of aryl methyl sites for hydroxylation is 2. The fourth-order valence-electron chi connectivity index (χ4n) is 1.000. The van der Waals surface area contributed by atoms with E-state index in [1.807, 2.05) is 6.92 Å². The molecule has 0 aliphatic carbocycles. The predicted molar refractivity (Wildman–Crippen MR) is 49.3 cm³/mol. The number of aromatic nitrogens is 2. The first-order chi connectivity index (χ1) is 6.58. The second kappa shape index (κ2) is 4.55. The molecule has 0 radical (unpaired) electrons. The van der Waals surface area contributed by atoms with Gasteiger partial charge in [-0.15, -0.1) is 0 Å². The molecular weight excluding hydrogens is 184 g/mol. The van der Waals surface area contributed by atoms with Crippen LogP contribution >= 0.6 is 0 Å². The van der Waals surface area contributed by atoms with Crippen molar-refractivity contribution in [2.45, 2.75) is 20.3 Å². The van der Waals surface area contributed by atoms with Crippen molar-refractivity contribution < 1.29 is 14.6 Å². The molecule has 0 saturated carbocycles. The number of hydrogen-bond acceptors (Lipinski definition) is 4. The number of carboxylic acids is 1. The number of nitrogens with zero attached hydrogens (tertiary/aromatic N) is 2. The van der Waals surface area contributed by atoms with Crippen molar-refractivity contribution in [3.63, 3.8) is 0 Å². The highest BCUT2D eigenvalue weighted by atomic mass is 16.5. The second-order valence-corrected chi connectivity index (χ2v) is 2.89. The van der Waals surface area contributed by atoms with Gasteiger partial charge in [0, 0.05) is 11.8 Å². The molecule has 1 rings (SSSR count). The molecule has 0 aliphatic rings. The summed E-state index contributed by atoms with van der Waals surface area (Å²) in [5.41, 5.74) is 0.808. The molecule has 0 aromatic carbocycles. The van der Waals surface area contributed by atoms with Gasteiger partial charge in [0.25, 0.3) is 0 Å². The van der Waals surface area contributed by atoms with E-state index in [4.69, 9.17) is 9.84 Å². The molecule has 0 spiro atoms. The average molecular weight is 196 g/mol. The Bertz CT molecular complexity index is 319. The summed E-state index contributed by atoms with van der Waals surface area (Å²) in [6.45, 7) is 3.72. The van der Waals surface area contributed by atoms with Gasteiger partial charge >= 0.3 is 5.97 Å². The highest BCUT2D eigenvalue weighted by Gasteiger charge is 2.01. The van der Waals surface area contributed by atoms with E-state index in [1.54, 1.807) is 13.0 Å². The van der Waals surface area contributed by atoms with Crippen LogP contribution in [-0.4, -0.2) is 27.7 Å². The van der Waals surface area contributed by atoms with E-state index >= 15 is 0 Å². The van der Waals surface area contributed by atoms with Crippen LogP contribution in [0.2, 0.25) is 0 Å². The van der Waals surface area contributed by atoms with Gasteiger partial charge in [0.1, 0.15) is 12.4 Å². The van der Waals surface area contributed by atoms with E-state index in [2.05, 4.69) is 9.97 Å². The number of carbonyl (C=O) groups is 1. The van der Waals surface area contributed by atoms with Crippen molar-refractivity contribution in [1.82, 2.24) is 9.97 Å². The first kappa shape index (κ1) is 10.4. The van der Waals surface area contributed by atoms with Gasteiger partial charge in [0.05, 0.1) is 6.42 Å². The minimum Gasteiger partial charge on any atom is -0.481 e. The zero-order valence-electron chi connectivity index (χ0n) is 8.15. The van der Waals surface area contributed by atoms with Gasteiger partial charge in [-0.3, -0.25) is 4.79 Å². The Morgan fingerprint density at radius 3 is 2.79 bits per heavy atom. The quantitative estimate of drug-likeness (QED) is 0.776. The summed E-state index contributed by atoms with van der Waals surface area (Å²) in [6.07, 6.45) is -0.0257. The lowest BCUT2D eigenvalue weighted by molar-refractivity contribution is -0.137. The molecule has 76 valence electrons. The van der Waals surface area contributed by atoms with E-state index in [0.717, 1.165) is 5.69 Å². The topological polar surface area (TPSA) is 72.3 Å². The van der Waals surface area contributed by atoms with E-state index in [9.17, 15) is 4.79 Å². The standard InChI is InChI=1S/C9H12N2O3/c1-6-5-8(11-7(2)10-6)14-4-3-9(12)13/h5H,3-4H2,1-2H3,(H,12,13). The maximum atomic E-state index is 10.2. The van der Waals surface area contributed by atoms with Gasteiger partial charge in [-0.05, 0) is 13.8 Å². The molecule has 1 heterocycles. The molecule has 1 N–H and O–H groups in total. The Kier molecular flexibility index (Phi) is 3.39. The van der Waals surface area contributed by atoms with Gasteiger partial charge in [-0.25, -0.2) is 4.98 Å². The van der Waals surface area contributed by atoms with Crippen molar-refractivity contribution in [3.8, 4) is 5.88 Å². The van der Waals surface area contributed by atoms with E-state index < -0.39 is 5.97 Å². The minimum absolute atomic E-state index is 0.0257. The Hall–Kier alpha value is -1.65. The van der Waals surface area contributed by atoms with E-state index in [0.29, 0.717) is 11.7 Å². The molecule has 0 unspecified atom stereocenters. The fraction of sp³-hybridized carbons (Fsp3) is 0.444. The Balaban J connectivity index is 2.54. The first-order valence-electron chi connectivity index (χ1n) is 4.25. The summed E-state index contributed by atoms with van der Waals surface area (Å²) >= 11 is 0. The zero-order chi connectivity index (χ0) is 10.6. The normalized spacial score (nSPS) is 9.86. The number of aliphatic carboxylic acids is 1. The number of carboxylic acid groups (broad SMARTS) is 1. The van der Waals surface area contributed by atoms with Crippen LogP contribution in [-0.2, 0) is 4.79 Å². The van der Waals surface area contributed by atoms with Crippen LogP contribution in [0.15, 0.2) is 6.07 Å². The molecule has 0 saturated heterocycles. The second-order valence-electron chi connectivity index (χ2n) is 2.89. The van der Waals surface area contributed by atoms with Gasteiger partial charge in [0.15, 0.2) is 0 Å². The maximum absolute atomic E-state index is 10.2. The lowest BCUT2D eigenvalue weighted by Crippen LogP contribution is -2.06. The Labute approximate surface area is 81.8 Å². The lowest BCUT2D eigenvalue weighted by atomic mass is 10.4. The molecule has 0 bridgehead atoms. The van der Waals surface area contributed by atoms with Crippen molar-refractivity contribution in [1.29, 1.82) is 0 Å². The third kappa shape index (κ3) is 3.38. The third-order valence-electron chi connectivity index (χ3n) is 1.51. The van der Waals surface area contributed by atoms with Crippen LogP contribution in [0.5, 0.6) is 5.88 Å². The Morgan fingerprint density at radius 2 is 2.21 bits per heavy atom. The maximum Gasteiger partial charge on any atom is 0.306 e. The summed E-state index contributed by atoms with van der Waals surface area (Å²) < 4.78 is 5.15. The molecular formula is C9H12N2O3. The van der Waals surface area contributed by atoms with Gasteiger partial charge in [0.2, 0.25) is 5.88 Å². The van der Waals surface area contributed by atoms with Gasteiger partial charge < -0.3 is 9.84 Å². The summed E-state index contributed by atoms with van der Waals surface area (Å²) in [6, 6.07) is 1.68. The predicted octanol–water partition coefficient (Wildman–Crippen LogP) is 0.947. The lowest BCUT2D eigenvalue weighted by Gasteiger charge is -2.04. The largest absolute Gasteiger partial charge is 0.481 e. The molecule has 1 aromatic heterocycles. The van der Waals surface area contributed by atoms with Crippen LogP contribution in [0.1, 0.15) is 17.9 Å². The molecule has 0 aliphatic heterocycles. The van der Waals surface area contributed by atoms with Crippen LogP contribution < -0.4 is 4.74 Å². The zero-order valence-corrected chi connectivity index (χ0v) is 8.15. The minimum atomic E-state index is -0.882. The summed E-state index contributed by atoms with van der Waals surface area (Å²) in [5, 5.41) is 8.39. The molecule has 14 heavy (non-hydrogen) atoms. The molecule has 0 amide bonds. The van der Waals surface area contributed by atoms with Gasteiger partial charge in [-0.1, -0.05) is 0 Å². The molecule has 0 atom stereocenters. The smallest absolute Gasteiger partial charge is 0.306 e. The Morgan fingerprint density at radius 1 is 1.50 bits per heavy atom. The van der Waals surface area contributed by atoms with Crippen LogP contribution in [0.25, 0.3) is 0 Å². The van der Waals surface area contributed by atoms with Crippen molar-refractivity contribution >= 4 is 5.97 Å². The fourth-order valence-corrected chi connectivity index (χ4v) is 1.000. The van der Waals surface area contributed by atoms with Crippen molar-refractivity contribution in [2.24, 2.45) is 0 Å². The van der Waals surface area contributed by atoms with Crippen LogP contribution in [0.3, 0.4) is 0 Å². The van der Waals surface area contributed by atoms with E-state index in [1.165, 1.54) is 0 Å². The monoisotopic (exact) mass is 196 g/mol. The third-order valence-corrected chi connectivity index (χ3v) is 1.51. The van der Waals surface area contributed by atoms with Crippen LogP contribution in [0, 0.1) is 13.8 Å². The highest BCUT2D eigenvalue weighted by Crippen LogP contribution is 2.08. The molecule has 0 fully saturated rings. The number of rotatable bonds is 4. The summed E-state index contributed by atoms with van der Waals surface area (Å²) in [4.78, 5) is 18.3. The number of hydrogen-bond donors (Lipinski definition) is 1. The molecule has 5 heteroatoms. The highest BCUT2D eigenvalue weighted by molar-refractivity contribution is 5.66. The van der Waals surface area contributed by atoms with Crippen molar-refractivity contribution in [2.75, 3.05) is 6.61 Å². The van der Waals surface area contributed by atoms with Gasteiger partial charge in [-0.2, -0.15) is 4.98 Å². The SMILES string of the molecule is Cc1cc(OCCC(=O)O)nc(C)n1. The van der Waals surface area contributed by atoms with E-state index in [-0.39, 0.29) is 13.0 Å². The molecule has 1 aromatic rings. The average Bonchev–Trinajstić information content (AvgIpc) is 2.01. The number of ether oxygens (including phenoxy) is 1. The van der Waals surface area contributed by atoms with Crippen LogP contribution in [0.4, 0.5) is 0 Å². The summed E-state index contributed by atoms with van der Waals surface area (Å²) in [7, 11) is 0. The first-order valence-corrected chi connectivity index (χ1v) is 4.25. The molecule has 5 nitrogen and oxygen atoms in total. The van der Waals surface area contributed by atoms with Crippen molar-refractivity contribution in [3.05, 3.63) is 17.6 Å². The summed E-state index contributed by atoms with van der Waals surface area (Å²) in [5.74, 6) is 0.166.